The van der Waals surface area contributed by atoms with Crippen molar-refractivity contribution in [2.24, 2.45) is 0 Å². The van der Waals surface area contributed by atoms with E-state index in [0.29, 0.717) is 66.2 Å². The quantitative estimate of drug-likeness (QED) is 0.206. The molecule has 3 atom stereocenters. The fourth-order valence-electron chi connectivity index (χ4n) is 6.79. The van der Waals surface area contributed by atoms with Gasteiger partial charge in [-0.3, -0.25) is 14.6 Å². The van der Waals surface area contributed by atoms with Crippen LogP contribution in [0.1, 0.15) is 46.6 Å². The lowest BCUT2D eigenvalue weighted by Crippen LogP contribution is -2.60. The number of piperidine rings is 1. The van der Waals surface area contributed by atoms with Crippen LogP contribution in [0.5, 0.6) is 11.5 Å². The number of benzene rings is 2. The molecule has 2 fully saturated rings. The third-order valence-electron chi connectivity index (χ3n) is 9.75. The monoisotopic (exact) mass is 651 g/mol. The number of anilines is 1. The Kier molecular flexibility index (Phi) is 9.18. The number of piperazine rings is 1. The van der Waals surface area contributed by atoms with Gasteiger partial charge < -0.3 is 15.4 Å². The summed E-state index contributed by atoms with van der Waals surface area (Å²) < 4.78 is 23.2. The van der Waals surface area contributed by atoms with Crippen molar-refractivity contribution in [1.29, 1.82) is 5.26 Å². The molecule has 48 heavy (non-hydrogen) atoms. The molecule has 6 rings (SSSR count). The van der Waals surface area contributed by atoms with Crippen LogP contribution in [0.4, 0.5) is 10.2 Å². The van der Waals surface area contributed by atoms with Crippen LogP contribution in [-0.2, 0) is 4.79 Å². The molecule has 250 valence electrons. The van der Waals surface area contributed by atoms with Gasteiger partial charge in [0.1, 0.15) is 46.8 Å². The van der Waals surface area contributed by atoms with Gasteiger partial charge in [-0.25, -0.2) is 19.0 Å². The standard InChI is InChI=1S/C36H42FN9O2/c1-23-19-45(20-24(2)43(23)5)36(3,4)17-25(18-38)35(47)44-15-9-10-26(21-44)46-34-31(33(39)40-22-41-34)32(42-46)29-14-13-28(16-30(29)37)48-27-11-7-6-8-12-27/h6-8,11-14,16-17,22-24,26H,9-10,15,19-21H2,1-5H3,(H2,39,40,41)/b25-17+. The summed E-state index contributed by atoms with van der Waals surface area (Å²) in [7, 11) is 2.13. The summed E-state index contributed by atoms with van der Waals surface area (Å²) in [6.07, 6.45) is 4.58. The summed E-state index contributed by atoms with van der Waals surface area (Å²) in [4.78, 5) is 28.9. The summed E-state index contributed by atoms with van der Waals surface area (Å²) in [6.45, 7) is 11.0. The Morgan fingerprint density at radius 1 is 1.08 bits per heavy atom. The van der Waals surface area contributed by atoms with E-state index in [4.69, 9.17) is 15.6 Å². The van der Waals surface area contributed by atoms with Crippen LogP contribution in [0.15, 0.2) is 66.5 Å². The first kappa shape index (κ1) is 33.1. The van der Waals surface area contributed by atoms with Crippen LogP contribution in [0.25, 0.3) is 22.3 Å². The maximum Gasteiger partial charge on any atom is 0.264 e. The number of hydrogen-bond donors (Lipinski definition) is 1. The molecule has 2 N–H and O–H groups in total. The summed E-state index contributed by atoms with van der Waals surface area (Å²) in [5.41, 5.74) is 6.96. The highest BCUT2D eigenvalue weighted by molar-refractivity contribution is 5.99. The van der Waals surface area contributed by atoms with E-state index in [1.807, 2.05) is 24.3 Å². The number of ether oxygens (including phenoxy) is 1. The van der Waals surface area contributed by atoms with Crippen molar-refractivity contribution in [3.8, 4) is 28.8 Å². The minimum atomic E-state index is -0.533. The number of amides is 1. The Balaban J connectivity index is 1.27. The second kappa shape index (κ2) is 13.3. The van der Waals surface area contributed by atoms with Gasteiger partial charge in [-0.2, -0.15) is 10.4 Å². The Hall–Kier alpha value is -4.86. The number of likely N-dealkylation sites (N-methyl/N-ethyl adjacent to an activating group) is 1. The van der Waals surface area contributed by atoms with Gasteiger partial charge in [-0.15, -0.1) is 0 Å². The molecule has 0 aliphatic carbocycles. The Bertz CT molecular complexity index is 1870. The van der Waals surface area contributed by atoms with E-state index < -0.39 is 11.4 Å². The predicted molar refractivity (Wildman–Crippen MR) is 183 cm³/mol. The molecule has 2 aliphatic rings. The molecule has 0 bridgehead atoms. The molecule has 2 aromatic carbocycles. The largest absolute Gasteiger partial charge is 0.457 e. The maximum absolute atomic E-state index is 15.7. The smallest absolute Gasteiger partial charge is 0.264 e. The van der Waals surface area contributed by atoms with Crippen molar-refractivity contribution >= 4 is 22.8 Å². The van der Waals surface area contributed by atoms with Crippen LogP contribution in [0.3, 0.4) is 0 Å². The summed E-state index contributed by atoms with van der Waals surface area (Å²) in [5, 5.41) is 15.4. The fourth-order valence-corrected chi connectivity index (χ4v) is 6.79. The number of para-hydroxylation sites is 1. The van der Waals surface area contributed by atoms with Gasteiger partial charge in [0.25, 0.3) is 5.91 Å². The SMILES string of the molecule is CC1CN(C(C)(C)/C=C(\C#N)C(=O)N2CCCC(n3nc(-c4ccc(Oc5ccccc5)cc4F)c4c(N)ncnc43)C2)CC(C)N1C. The first-order valence-corrected chi connectivity index (χ1v) is 16.4. The van der Waals surface area contributed by atoms with Crippen molar-refractivity contribution in [2.75, 3.05) is 39.0 Å². The number of aromatic nitrogens is 4. The molecule has 1 amide bonds. The topological polar surface area (TPSA) is 129 Å². The summed E-state index contributed by atoms with van der Waals surface area (Å²) >= 11 is 0. The third kappa shape index (κ3) is 6.48. The van der Waals surface area contributed by atoms with E-state index in [2.05, 4.69) is 60.6 Å². The van der Waals surface area contributed by atoms with Crippen molar-refractivity contribution in [3.05, 3.63) is 72.3 Å². The minimum Gasteiger partial charge on any atom is -0.457 e. The van der Waals surface area contributed by atoms with Gasteiger partial charge in [-0.1, -0.05) is 18.2 Å². The highest BCUT2D eigenvalue weighted by atomic mass is 19.1. The molecule has 11 nitrogen and oxygen atoms in total. The number of halogens is 1. The molecule has 0 radical (unpaired) electrons. The van der Waals surface area contributed by atoms with Crippen LogP contribution in [-0.4, -0.2) is 91.2 Å². The molecule has 0 saturated carbocycles. The Morgan fingerprint density at radius 3 is 2.50 bits per heavy atom. The number of nitrogens with two attached hydrogens (primary N) is 1. The van der Waals surface area contributed by atoms with Crippen LogP contribution in [0, 0.1) is 17.1 Å². The van der Waals surface area contributed by atoms with Crippen LogP contribution < -0.4 is 10.5 Å². The van der Waals surface area contributed by atoms with E-state index in [9.17, 15) is 10.1 Å². The second-order valence-corrected chi connectivity index (χ2v) is 13.4. The lowest BCUT2D eigenvalue weighted by atomic mass is 9.94. The average Bonchev–Trinajstić information content (AvgIpc) is 3.47. The Morgan fingerprint density at radius 2 is 1.81 bits per heavy atom. The molecule has 4 aromatic rings. The number of carbonyl (C=O) groups excluding carboxylic acids is 1. The van der Waals surface area contributed by atoms with E-state index in [1.54, 1.807) is 33.8 Å². The summed E-state index contributed by atoms with van der Waals surface area (Å²) in [6, 6.07) is 16.4. The normalized spacial score (nSPS) is 21.3. The van der Waals surface area contributed by atoms with Crippen molar-refractivity contribution in [1.82, 2.24) is 34.4 Å². The Labute approximate surface area is 280 Å². The van der Waals surface area contributed by atoms with Gasteiger partial charge >= 0.3 is 0 Å². The number of nitrogens with zero attached hydrogens (tertiary/aromatic N) is 8. The fraction of sp³-hybridized carbons (Fsp3) is 0.417. The molecule has 2 aliphatic heterocycles. The molecule has 3 unspecified atom stereocenters. The number of nitriles is 1. The number of hydrogen-bond acceptors (Lipinski definition) is 9. The van der Waals surface area contributed by atoms with Crippen molar-refractivity contribution in [2.45, 2.75) is 64.2 Å². The highest BCUT2D eigenvalue weighted by Gasteiger charge is 2.36. The first-order chi connectivity index (χ1) is 23.0. The number of likely N-dealkylation sites (tertiary alicyclic amines) is 1. The van der Waals surface area contributed by atoms with E-state index in [0.717, 1.165) is 13.1 Å². The van der Waals surface area contributed by atoms with Gasteiger partial charge in [-0.05, 0) is 77.9 Å². The molecule has 2 saturated heterocycles. The first-order valence-electron chi connectivity index (χ1n) is 16.4. The van der Waals surface area contributed by atoms with Gasteiger partial charge in [0.15, 0.2) is 5.65 Å². The zero-order valence-corrected chi connectivity index (χ0v) is 28.1. The second-order valence-electron chi connectivity index (χ2n) is 13.4. The van der Waals surface area contributed by atoms with Gasteiger partial charge in [0.05, 0.1) is 11.4 Å². The van der Waals surface area contributed by atoms with Gasteiger partial charge in [0.2, 0.25) is 0 Å². The van der Waals surface area contributed by atoms with Crippen molar-refractivity contribution < 1.29 is 13.9 Å². The molecule has 0 spiro atoms. The van der Waals surface area contributed by atoms with Crippen LogP contribution >= 0.6 is 0 Å². The minimum absolute atomic E-state index is 0.123. The summed E-state index contributed by atoms with van der Waals surface area (Å²) in [5.74, 6) is 0.275. The number of fused-ring (bicyclic) bond motifs is 1. The van der Waals surface area contributed by atoms with E-state index >= 15 is 4.39 Å². The highest BCUT2D eigenvalue weighted by Crippen LogP contribution is 2.36. The number of rotatable bonds is 7. The van der Waals surface area contributed by atoms with E-state index in [-0.39, 0.29) is 28.9 Å². The average molecular weight is 652 g/mol. The van der Waals surface area contributed by atoms with Crippen LogP contribution in [0.2, 0.25) is 0 Å². The predicted octanol–water partition coefficient (Wildman–Crippen LogP) is 5.42. The molecular formula is C36H42FN9O2. The molecule has 4 heterocycles. The van der Waals surface area contributed by atoms with Gasteiger partial charge in [0, 0.05) is 55.4 Å². The zero-order valence-electron chi connectivity index (χ0n) is 28.1. The third-order valence-corrected chi connectivity index (χ3v) is 9.75. The van der Waals surface area contributed by atoms with E-state index in [1.165, 1.54) is 12.4 Å². The molecule has 12 heteroatoms. The van der Waals surface area contributed by atoms with Crippen molar-refractivity contribution in [3.63, 3.8) is 0 Å². The maximum atomic E-state index is 15.7. The number of nitrogen functional groups attached to an aromatic ring is 1. The molecular weight excluding hydrogens is 609 g/mol. The zero-order chi connectivity index (χ0) is 34.2. The lowest BCUT2D eigenvalue weighted by molar-refractivity contribution is -0.128. The number of carbonyl (C=O) groups is 1. The molecule has 2 aromatic heterocycles. The lowest BCUT2D eigenvalue weighted by Gasteiger charge is -2.48.